The summed E-state index contributed by atoms with van der Waals surface area (Å²) in [4.78, 5) is 34.0. The third-order valence-electron chi connectivity index (χ3n) is 6.95. The Kier molecular flexibility index (Phi) is 10.6. The van der Waals surface area contributed by atoms with E-state index in [-0.39, 0.29) is 11.8 Å². The summed E-state index contributed by atoms with van der Waals surface area (Å²) >= 11 is 12.4. The van der Waals surface area contributed by atoms with Gasteiger partial charge in [-0.15, -0.1) is 0 Å². The van der Waals surface area contributed by atoms with Crippen LogP contribution in [0.25, 0.3) is 0 Å². The van der Waals surface area contributed by atoms with Gasteiger partial charge in [0.2, 0.25) is 11.8 Å². The molecule has 0 unspecified atom stereocenters. The number of aromatic nitrogens is 1. The van der Waals surface area contributed by atoms with Crippen molar-refractivity contribution in [3.63, 3.8) is 0 Å². The zero-order chi connectivity index (χ0) is 28.5. The molecule has 2 N–H and O–H groups in total. The lowest BCUT2D eigenvalue weighted by atomic mass is 10.0. The third-order valence-corrected chi connectivity index (χ3v) is 7.54. The van der Waals surface area contributed by atoms with Gasteiger partial charge in [-0.25, -0.2) is 4.98 Å². The lowest BCUT2D eigenvalue weighted by Crippen LogP contribution is -2.55. The number of methoxy groups -OCH3 is 1. The number of rotatable bonds is 11. The summed E-state index contributed by atoms with van der Waals surface area (Å²) in [7, 11) is 1.69. The normalized spacial score (nSPS) is 14.1. The van der Waals surface area contributed by atoms with Gasteiger partial charge in [0.25, 0.3) is 0 Å². The Morgan fingerprint density at radius 2 is 1.75 bits per heavy atom. The molecule has 212 valence electrons. The number of carbonyl (C=O) groups excluding carboxylic acids is 2. The van der Waals surface area contributed by atoms with Crippen LogP contribution in [0, 0.1) is 0 Å². The van der Waals surface area contributed by atoms with Gasteiger partial charge in [0.1, 0.15) is 17.6 Å². The number of amides is 2. The lowest BCUT2D eigenvalue weighted by molar-refractivity contribution is -0.136. The molecular formula is C30H35Cl2N5O3. The summed E-state index contributed by atoms with van der Waals surface area (Å²) < 4.78 is 5.45. The number of ether oxygens (including phenoxy) is 1. The molecule has 2 aromatic carbocycles. The average Bonchev–Trinajstić information content (AvgIpc) is 2.96. The van der Waals surface area contributed by atoms with Gasteiger partial charge in [-0.3, -0.25) is 9.59 Å². The van der Waals surface area contributed by atoms with Gasteiger partial charge in [0.15, 0.2) is 0 Å². The summed E-state index contributed by atoms with van der Waals surface area (Å²) in [5.74, 6) is 1.43. The summed E-state index contributed by atoms with van der Waals surface area (Å²) in [5, 5.41) is 7.32. The minimum Gasteiger partial charge on any atom is -0.496 e. The van der Waals surface area contributed by atoms with Crippen LogP contribution in [0.3, 0.4) is 0 Å². The van der Waals surface area contributed by atoms with Crippen molar-refractivity contribution in [2.75, 3.05) is 44.7 Å². The zero-order valence-corrected chi connectivity index (χ0v) is 24.3. The van der Waals surface area contributed by atoms with Crippen LogP contribution in [-0.2, 0) is 29.0 Å². The van der Waals surface area contributed by atoms with E-state index in [1.54, 1.807) is 36.4 Å². The van der Waals surface area contributed by atoms with E-state index in [0.717, 1.165) is 35.7 Å². The van der Waals surface area contributed by atoms with Crippen LogP contribution in [0.5, 0.6) is 5.75 Å². The molecule has 10 heteroatoms. The largest absolute Gasteiger partial charge is 0.496 e. The summed E-state index contributed by atoms with van der Waals surface area (Å²) in [5.41, 5.74) is 3.03. The van der Waals surface area contributed by atoms with Crippen molar-refractivity contribution in [2.45, 2.75) is 32.4 Å². The second kappa shape index (κ2) is 14.3. The SMILES string of the molecule is COc1ccccc1CCNCc1cccnc1N1CCN(C(=O)[C@@H](Cc2ccc(Cl)cc2Cl)NC(C)=O)CC1. The van der Waals surface area contributed by atoms with E-state index in [1.165, 1.54) is 12.5 Å². The molecule has 3 aromatic rings. The molecule has 1 atom stereocenters. The molecular weight excluding hydrogens is 549 g/mol. The Balaban J connectivity index is 1.34. The third kappa shape index (κ3) is 7.87. The van der Waals surface area contributed by atoms with Crippen molar-refractivity contribution in [1.82, 2.24) is 20.5 Å². The van der Waals surface area contributed by atoms with Gasteiger partial charge in [-0.2, -0.15) is 0 Å². The van der Waals surface area contributed by atoms with Crippen LogP contribution in [0.4, 0.5) is 5.82 Å². The molecule has 4 rings (SSSR count). The first kappa shape index (κ1) is 29.6. The minimum atomic E-state index is -0.708. The van der Waals surface area contributed by atoms with E-state index >= 15 is 0 Å². The van der Waals surface area contributed by atoms with E-state index in [2.05, 4.69) is 32.7 Å². The van der Waals surface area contributed by atoms with Crippen LogP contribution in [0.2, 0.25) is 10.0 Å². The van der Waals surface area contributed by atoms with E-state index in [4.69, 9.17) is 27.9 Å². The first-order valence-corrected chi connectivity index (χ1v) is 14.1. The molecule has 1 aliphatic heterocycles. The monoisotopic (exact) mass is 583 g/mol. The van der Waals surface area contributed by atoms with Crippen molar-refractivity contribution in [3.05, 3.63) is 87.5 Å². The molecule has 1 fully saturated rings. The Bertz CT molecular complexity index is 1310. The predicted octanol–water partition coefficient (Wildman–Crippen LogP) is 4.13. The number of hydrogen-bond acceptors (Lipinski definition) is 6. The second-order valence-electron chi connectivity index (χ2n) is 9.73. The molecule has 0 saturated carbocycles. The predicted molar refractivity (Wildman–Crippen MR) is 159 cm³/mol. The molecule has 0 aliphatic carbocycles. The topological polar surface area (TPSA) is 86.8 Å². The number of anilines is 1. The van der Waals surface area contributed by atoms with E-state index < -0.39 is 6.04 Å². The number of carbonyl (C=O) groups is 2. The van der Waals surface area contributed by atoms with E-state index in [0.29, 0.717) is 49.2 Å². The molecule has 8 nitrogen and oxygen atoms in total. The first-order chi connectivity index (χ1) is 19.4. The number of benzene rings is 2. The number of piperazine rings is 1. The molecule has 0 radical (unpaired) electrons. The number of hydrogen-bond donors (Lipinski definition) is 2. The second-order valence-corrected chi connectivity index (χ2v) is 10.6. The quantitative estimate of drug-likeness (QED) is 0.330. The van der Waals surface area contributed by atoms with Crippen LogP contribution in [-0.4, -0.2) is 67.6 Å². The zero-order valence-electron chi connectivity index (χ0n) is 22.8. The van der Waals surface area contributed by atoms with E-state index in [1.807, 2.05) is 24.3 Å². The van der Waals surface area contributed by atoms with Crippen molar-refractivity contribution in [1.29, 1.82) is 0 Å². The van der Waals surface area contributed by atoms with Gasteiger partial charge in [-0.05, 0) is 48.4 Å². The van der Waals surface area contributed by atoms with Crippen molar-refractivity contribution in [2.24, 2.45) is 0 Å². The Morgan fingerprint density at radius 3 is 2.48 bits per heavy atom. The molecule has 1 aliphatic rings. The van der Waals surface area contributed by atoms with Crippen molar-refractivity contribution >= 4 is 40.8 Å². The number of nitrogens with zero attached hydrogens (tertiary/aromatic N) is 3. The number of nitrogens with one attached hydrogen (secondary N) is 2. The highest BCUT2D eigenvalue weighted by Crippen LogP contribution is 2.24. The average molecular weight is 585 g/mol. The van der Waals surface area contributed by atoms with Crippen LogP contribution >= 0.6 is 23.2 Å². The fraction of sp³-hybridized carbons (Fsp3) is 0.367. The van der Waals surface area contributed by atoms with Crippen molar-refractivity contribution < 1.29 is 14.3 Å². The maximum absolute atomic E-state index is 13.5. The summed E-state index contributed by atoms with van der Waals surface area (Å²) in [6.45, 7) is 5.25. The maximum Gasteiger partial charge on any atom is 0.245 e. The maximum atomic E-state index is 13.5. The number of pyridine rings is 1. The molecule has 2 amide bonds. The minimum absolute atomic E-state index is 0.125. The summed E-state index contributed by atoms with van der Waals surface area (Å²) in [6, 6.07) is 16.5. The lowest BCUT2D eigenvalue weighted by Gasteiger charge is -2.37. The number of para-hydroxylation sites is 1. The van der Waals surface area contributed by atoms with Crippen LogP contribution < -0.4 is 20.3 Å². The van der Waals surface area contributed by atoms with Crippen LogP contribution in [0.15, 0.2) is 60.8 Å². The van der Waals surface area contributed by atoms with Gasteiger partial charge < -0.3 is 25.2 Å². The van der Waals surface area contributed by atoms with Gasteiger partial charge in [0.05, 0.1) is 7.11 Å². The van der Waals surface area contributed by atoms with Gasteiger partial charge in [0, 0.05) is 67.9 Å². The van der Waals surface area contributed by atoms with Crippen LogP contribution in [0.1, 0.15) is 23.6 Å². The highest BCUT2D eigenvalue weighted by Gasteiger charge is 2.29. The van der Waals surface area contributed by atoms with Crippen molar-refractivity contribution in [3.8, 4) is 5.75 Å². The highest BCUT2D eigenvalue weighted by molar-refractivity contribution is 6.35. The molecule has 0 spiro atoms. The molecule has 1 saturated heterocycles. The molecule has 1 aromatic heterocycles. The molecule has 2 heterocycles. The first-order valence-electron chi connectivity index (χ1n) is 13.4. The summed E-state index contributed by atoms with van der Waals surface area (Å²) in [6.07, 6.45) is 2.95. The smallest absolute Gasteiger partial charge is 0.245 e. The molecule has 0 bridgehead atoms. The van der Waals surface area contributed by atoms with E-state index in [9.17, 15) is 9.59 Å². The number of halogens is 2. The highest BCUT2D eigenvalue weighted by atomic mass is 35.5. The standard InChI is InChI=1S/C30H35Cl2N5O3/c1-21(38)35-27(18-23-9-10-25(31)19-26(23)32)30(39)37-16-14-36(15-17-37)29-24(7-5-12-34-29)20-33-13-11-22-6-3-4-8-28(22)40-2/h3-10,12,19,27,33H,11,13-18,20H2,1-2H3,(H,35,38)/t27-/m1/s1. The fourth-order valence-corrected chi connectivity index (χ4v) is 5.41. The Morgan fingerprint density at radius 1 is 1.00 bits per heavy atom. The Hall–Kier alpha value is -3.33. The molecule has 40 heavy (non-hydrogen) atoms. The Labute approximate surface area is 245 Å². The van der Waals surface area contributed by atoms with Gasteiger partial charge in [-0.1, -0.05) is 53.5 Å². The fourth-order valence-electron chi connectivity index (χ4n) is 4.92. The van der Waals surface area contributed by atoms with Gasteiger partial charge >= 0.3 is 0 Å².